The highest BCUT2D eigenvalue weighted by atomic mass is 16.5. The molecule has 0 aromatic heterocycles. The molecule has 1 aliphatic carbocycles. The number of ether oxygens (including phenoxy) is 2. The van der Waals surface area contributed by atoms with Gasteiger partial charge in [0, 0.05) is 23.9 Å². The Hall–Kier alpha value is -2.49. The minimum absolute atomic E-state index is 0.0256. The number of fused-ring (bicyclic) bond motifs is 1. The number of rotatable bonds is 5. The lowest BCUT2D eigenvalue weighted by Gasteiger charge is -2.31. The maximum Gasteiger partial charge on any atom is 0.261 e. The molecule has 2 aromatic carbocycles. The summed E-state index contributed by atoms with van der Waals surface area (Å²) >= 11 is 0. The monoisotopic (exact) mass is 351 g/mol. The molecule has 2 aromatic rings. The fourth-order valence-corrected chi connectivity index (χ4v) is 4.37. The Kier molecular flexibility index (Phi) is 4.58. The SMILES string of the molecule is COc1ccccc1C1(CNC(=O)C2Cc3ccccc3O2)CCCC1. The van der Waals surface area contributed by atoms with E-state index in [0.717, 1.165) is 29.9 Å². The number of nitrogens with one attached hydrogen (secondary N) is 1. The van der Waals surface area contributed by atoms with Crippen molar-refractivity contribution in [3.8, 4) is 11.5 Å². The van der Waals surface area contributed by atoms with Crippen LogP contribution in [0.15, 0.2) is 48.5 Å². The fraction of sp³-hybridized carbons (Fsp3) is 0.409. The minimum atomic E-state index is -0.427. The van der Waals surface area contributed by atoms with E-state index in [1.54, 1.807) is 7.11 Å². The molecule has 0 radical (unpaired) electrons. The summed E-state index contributed by atoms with van der Waals surface area (Å²) < 4.78 is 11.4. The van der Waals surface area contributed by atoms with Crippen LogP contribution in [0.5, 0.6) is 11.5 Å². The quantitative estimate of drug-likeness (QED) is 0.895. The van der Waals surface area contributed by atoms with Crippen LogP contribution in [0, 0.1) is 0 Å². The van der Waals surface area contributed by atoms with E-state index in [2.05, 4.69) is 17.4 Å². The molecule has 4 rings (SSSR count). The Morgan fingerprint density at radius 3 is 2.65 bits per heavy atom. The summed E-state index contributed by atoms with van der Waals surface area (Å²) in [5.74, 6) is 1.71. The second-order valence-corrected chi connectivity index (χ2v) is 7.32. The number of hydrogen-bond donors (Lipinski definition) is 1. The zero-order valence-corrected chi connectivity index (χ0v) is 15.2. The van der Waals surface area contributed by atoms with Crippen LogP contribution in [-0.2, 0) is 16.6 Å². The fourth-order valence-electron chi connectivity index (χ4n) is 4.37. The van der Waals surface area contributed by atoms with Gasteiger partial charge in [-0.1, -0.05) is 49.2 Å². The molecule has 1 heterocycles. The van der Waals surface area contributed by atoms with Gasteiger partial charge in [0.15, 0.2) is 6.10 Å². The van der Waals surface area contributed by atoms with E-state index in [9.17, 15) is 4.79 Å². The van der Waals surface area contributed by atoms with E-state index < -0.39 is 6.10 Å². The molecule has 2 aliphatic rings. The molecule has 1 fully saturated rings. The van der Waals surface area contributed by atoms with Crippen LogP contribution in [0.1, 0.15) is 36.8 Å². The third-order valence-electron chi connectivity index (χ3n) is 5.78. The number of carbonyl (C=O) groups excluding carboxylic acids is 1. The van der Waals surface area contributed by atoms with E-state index in [1.807, 2.05) is 36.4 Å². The van der Waals surface area contributed by atoms with Gasteiger partial charge in [-0.25, -0.2) is 0 Å². The summed E-state index contributed by atoms with van der Waals surface area (Å²) in [5.41, 5.74) is 2.26. The molecule has 1 aliphatic heterocycles. The summed E-state index contributed by atoms with van der Waals surface area (Å²) in [6, 6.07) is 16.1. The highest BCUT2D eigenvalue weighted by Gasteiger charge is 2.39. The van der Waals surface area contributed by atoms with Gasteiger partial charge in [0.1, 0.15) is 11.5 Å². The van der Waals surface area contributed by atoms with Gasteiger partial charge in [0.05, 0.1) is 7.11 Å². The maximum atomic E-state index is 12.7. The molecule has 0 saturated heterocycles. The Morgan fingerprint density at radius 1 is 1.15 bits per heavy atom. The summed E-state index contributed by atoms with van der Waals surface area (Å²) in [5, 5.41) is 3.17. The average Bonchev–Trinajstić information content (AvgIpc) is 3.33. The topological polar surface area (TPSA) is 47.6 Å². The summed E-state index contributed by atoms with van der Waals surface area (Å²) in [7, 11) is 1.71. The van der Waals surface area contributed by atoms with Crippen LogP contribution in [0.3, 0.4) is 0 Å². The van der Waals surface area contributed by atoms with Crippen molar-refractivity contribution in [1.29, 1.82) is 0 Å². The van der Waals surface area contributed by atoms with Gasteiger partial charge in [-0.2, -0.15) is 0 Å². The number of hydrogen-bond acceptors (Lipinski definition) is 3. The van der Waals surface area contributed by atoms with Crippen molar-refractivity contribution in [2.75, 3.05) is 13.7 Å². The molecule has 26 heavy (non-hydrogen) atoms. The highest BCUT2D eigenvalue weighted by molar-refractivity contribution is 5.82. The first-order valence-corrected chi connectivity index (χ1v) is 9.38. The molecule has 1 amide bonds. The molecule has 4 nitrogen and oxygen atoms in total. The first kappa shape index (κ1) is 17.0. The van der Waals surface area contributed by atoms with Crippen molar-refractivity contribution >= 4 is 5.91 Å². The van der Waals surface area contributed by atoms with Crippen LogP contribution in [0.25, 0.3) is 0 Å². The van der Waals surface area contributed by atoms with E-state index in [0.29, 0.717) is 13.0 Å². The predicted octanol–water partition coefficient (Wildman–Crippen LogP) is 3.63. The van der Waals surface area contributed by atoms with Crippen molar-refractivity contribution < 1.29 is 14.3 Å². The molecule has 1 unspecified atom stereocenters. The minimum Gasteiger partial charge on any atom is -0.496 e. The van der Waals surface area contributed by atoms with E-state index in [-0.39, 0.29) is 11.3 Å². The largest absolute Gasteiger partial charge is 0.496 e. The Morgan fingerprint density at radius 2 is 1.88 bits per heavy atom. The molecule has 0 bridgehead atoms. The Labute approximate surface area is 154 Å². The van der Waals surface area contributed by atoms with Gasteiger partial charge < -0.3 is 14.8 Å². The van der Waals surface area contributed by atoms with Crippen LogP contribution in [0.4, 0.5) is 0 Å². The molecule has 1 atom stereocenters. The van der Waals surface area contributed by atoms with Gasteiger partial charge in [-0.15, -0.1) is 0 Å². The normalized spacial score (nSPS) is 20.3. The first-order valence-electron chi connectivity index (χ1n) is 9.38. The van der Waals surface area contributed by atoms with Gasteiger partial charge in [0.25, 0.3) is 5.91 Å². The predicted molar refractivity (Wildman–Crippen MR) is 101 cm³/mol. The second-order valence-electron chi connectivity index (χ2n) is 7.32. The van der Waals surface area contributed by atoms with Gasteiger partial charge in [-0.3, -0.25) is 4.79 Å². The lowest BCUT2D eigenvalue weighted by molar-refractivity contribution is -0.127. The lowest BCUT2D eigenvalue weighted by Crippen LogP contribution is -2.44. The van der Waals surface area contributed by atoms with Crippen molar-refractivity contribution in [3.05, 3.63) is 59.7 Å². The molecule has 1 N–H and O–H groups in total. The van der Waals surface area contributed by atoms with Crippen LogP contribution >= 0.6 is 0 Å². The van der Waals surface area contributed by atoms with Crippen LogP contribution in [-0.4, -0.2) is 25.7 Å². The summed E-state index contributed by atoms with van der Waals surface area (Å²) in [6.07, 6.45) is 4.71. The lowest BCUT2D eigenvalue weighted by atomic mass is 9.78. The number of para-hydroxylation sites is 2. The molecule has 4 heteroatoms. The standard InChI is InChI=1S/C22H25NO3/c1-25-19-11-5-3-9-17(19)22(12-6-7-13-22)15-23-21(24)20-14-16-8-2-4-10-18(16)26-20/h2-5,8-11,20H,6-7,12-15H2,1H3,(H,23,24). The second kappa shape index (κ2) is 7.02. The highest BCUT2D eigenvalue weighted by Crippen LogP contribution is 2.44. The number of amides is 1. The van der Waals surface area contributed by atoms with Crippen molar-refractivity contribution in [2.45, 2.75) is 43.6 Å². The van der Waals surface area contributed by atoms with Crippen molar-refractivity contribution in [3.63, 3.8) is 0 Å². The van der Waals surface area contributed by atoms with Gasteiger partial charge in [0.2, 0.25) is 0 Å². The third-order valence-corrected chi connectivity index (χ3v) is 5.78. The number of benzene rings is 2. The molecule has 1 saturated carbocycles. The Balaban J connectivity index is 1.48. The average molecular weight is 351 g/mol. The zero-order valence-electron chi connectivity index (χ0n) is 15.2. The molecule has 136 valence electrons. The van der Waals surface area contributed by atoms with Gasteiger partial charge >= 0.3 is 0 Å². The summed E-state index contributed by atoms with van der Waals surface area (Å²) in [4.78, 5) is 12.7. The van der Waals surface area contributed by atoms with Gasteiger partial charge in [-0.05, 0) is 30.5 Å². The van der Waals surface area contributed by atoms with Crippen LogP contribution in [0.2, 0.25) is 0 Å². The van der Waals surface area contributed by atoms with Crippen LogP contribution < -0.4 is 14.8 Å². The first-order chi connectivity index (χ1) is 12.7. The maximum absolute atomic E-state index is 12.7. The van der Waals surface area contributed by atoms with E-state index in [4.69, 9.17) is 9.47 Å². The van der Waals surface area contributed by atoms with Crippen molar-refractivity contribution in [1.82, 2.24) is 5.32 Å². The molecular weight excluding hydrogens is 326 g/mol. The smallest absolute Gasteiger partial charge is 0.261 e. The molecular formula is C22H25NO3. The number of methoxy groups -OCH3 is 1. The van der Waals surface area contributed by atoms with E-state index >= 15 is 0 Å². The van der Waals surface area contributed by atoms with Crippen molar-refractivity contribution in [2.24, 2.45) is 0 Å². The Bertz CT molecular complexity index is 770. The third kappa shape index (κ3) is 3.05. The summed E-state index contributed by atoms with van der Waals surface area (Å²) in [6.45, 7) is 0.627. The number of carbonyl (C=O) groups is 1. The van der Waals surface area contributed by atoms with E-state index in [1.165, 1.54) is 18.4 Å². The molecule has 0 spiro atoms. The zero-order chi connectivity index (χ0) is 18.0.